The topological polar surface area (TPSA) is 63.0 Å². The van der Waals surface area contributed by atoms with Crippen LogP contribution in [0.25, 0.3) is 0 Å². The van der Waals surface area contributed by atoms with Crippen LogP contribution in [0.15, 0.2) is 18.2 Å². The maximum Gasteiger partial charge on any atom is 0.224 e. The van der Waals surface area contributed by atoms with E-state index in [0.717, 1.165) is 31.6 Å². The second-order valence-electron chi connectivity index (χ2n) is 4.68. The summed E-state index contributed by atoms with van der Waals surface area (Å²) in [5.74, 6) is 1.38. The predicted molar refractivity (Wildman–Crippen MR) is 68.4 cm³/mol. The minimum absolute atomic E-state index is 0.0762. The summed E-state index contributed by atoms with van der Waals surface area (Å²) in [7, 11) is 0. The van der Waals surface area contributed by atoms with E-state index >= 15 is 0 Å². The van der Waals surface area contributed by atoms with Crippen molar-refractivity contribution >= 4 is 5.95 Å². The number of nitrogens with one attached hydrogen (secondary N) is 1. The van der Waals surface area contributed by atoms with Crippen molar-refractivity contribution < 1.29 is 9.50 Å². The largest absolute Gasteiger partial charge is 0.508 e. The first kappa shape index (κ1) is 12.0. The van der Waals surface area contributed by atoms with E-state index in [-0.39, 0.29) is 11.6 Å². The summed E-state index contributed by atoms with van der Waals surface area (Å²) in [5.41, 5.74) is 0.508. The van der Waals surface area contributed by atoms with E-state index in [9.17, 15) is 9.50 Å². The number of rotatable bonds is 3. The molecule has 1 aliphatic heterocycles. The van der Waals surface area contributed by atoms with Crippen LogP contribution in [-0.2, 0) is 19.5 Å². The molecular weight excluding hydrogens is 247 g/mol. The van der Waals surface area contributed by atoms with Crippen LogP contribution in [0.4, 0.5) is 10.3 Å². The van der Waals surface area contributed by atoms with Crippen molar-refractivity contribution in [2.24, 2.45) is 0 Å². The molecule has 0 atom stereocenters. The van der Waals surface area contributed by atoms with Gasteiger partial charge in [-0.25, -0.2) is 4.39 Å². The number of anilines is 1. The molecule has 1 aromatic carbocycles. The van der Waals surface area contributed by atoms with Gasteiger partial charge in [0.25, 0.3) is 0 Å². The monoisotopic (exact) mass is 262 g/mol. The van der Waals surface area contributed by atoms with Gasteiger partial charge < -0.3 is 10.4 Å². The van der Waals surface area contributed by atoms with Gasteiger partial charge in [-0.3, -0.25) is 4.57 Å². The number of phenols is 1. The molecule has 0 saturated carbocycles. The van der Waals surface area contributed by atoms with E-state index in [1.807, 2.05) is 4.57 Å². The molecule has 100 valence electrons. The van der Waals surface area contributed by atoms with Crippen molar-refractivity contribution in [1.29, 1.82) is 0 Å². The number of aromatic nitrogens is 3. The highest BCUT2D eigenvalue weighted by Gasteiger charge is 2.15. The van der Waals surface area contributed by atoms with E-state index in [2.05, 4.69) is 15.5 Å². The Kier molecular flexibility index (Phi) is 3.06. The quantitative estimate of drug-likeness (QED) is 0.889. The van der Waals surface area contributed by atoms with Crippen molar-refractivity contribution in [3.8, 4) is 5.75 Å². The Morgan fingerprint density at radius 3 is 3.11 bits per heavy atom. The van der Waals surface area contributed by atoms with Gasteiger partial charge in [0.15, 0.2) is 0 Å². The Morgan fingerprint density at radius 2 is 2.21 bits per heavy atom. The van der Waals surface area contributed by atoms with Crippen LogP contribution in [0.5, 0.6) is 5.75 Å². The average Bonchev–Trinajstić information content (AvgIpc) is 2.83. The lowest BCUT2D eigenvalue weighted by Gasteiger charge is -2.15. The maximum atomic E-state index is 13.1. The predicted octanol–water partition coefficient (Wildman–Crippen LogP) is 2.07. The fraction of sp³-hybridized carbons (Fsp3) is 0.385. The van der Waals surface area contributed by atoms with Gasteiger partial charge in [0, 0.05) is 25.1 Å². The molecule has 0 aliphatic carbocycles. The summed E-state index contributed by atoms with van der Waals surface area (Å²) in [6.45, 7) is 1.22. The molecule has 0 spiro atoms. The first-order valence-electron chi connectivity index (χ1n) is 6.37. The Labute approximate surface area is 110 Å². The van der Waals surface area contributed by atoms with Crippen LogP contribution in [0.3, 0.4) is 0 Å². The smallest absolute Gasteiger partial charge is 0.224 e. The summed E-state index contributed by atoms with van der Waals surface area (Å²) in [6, 6.07) is 3.90. The zero-order chi connectivity index (χ0) is 13.2. The van der Waals surface area contributed by atoms with Gasteiger partial charge in [-0.2, -0.15) is 0 Å². The summed E-state index contributed by atoms with van der Waals surface area (Å²) < 4.78 is 15.2. The highest BCUT2D eigenvalue weighted by molar-refractivity contribution is 5.36. The molecule has 0 bridgehead atoms. The first-order valence-corrected chi connectivity index (χ1v) is 6.37. The second-order valence-corrected chi connectivity index (χ2v) is 4.68. The maximum absolute atomic E-state index is 13.1. The first-order chi connectivity index (χ1) is 9.24. The van der Waals surface area contributed by atoms with Gasteiger partial charge in [0.1, 0.15) is 17.4 Å². The fourth-order valence-electron chi connectivity index (χ4n) is 2.31. The molecule has 6 heteroatoms. The Morgan fingerprint density at radius 1 is 1.32 bits per heavy atom. The number of phenolic OH excluding ortho intramolecular Hbond substituents is 1. The van der Waals surface area contributed by atoms with Gasteiger partial charge in [-0.05, 0) is 31.0 Å². The second kappa shape index (κ2) is 4.87. The molecule has 0 amide bonds. The van der Waals surface area contributed by atoms with E-state index in [0.29, 0.717) is 18.1 Å². The summed E-state index contributed by atoms with van der Waals surface area (Å²) in [5, 5.41) is 21.0. The Hall–Kier alpha value is -2.11. The SMILES string of the molecule is Oc1ccc(F)cc1CNc1nnc2n1CCCC2. The number of aryl methyl sites for hydroxylation is 1. The van der Waals surface area contributed by atoms with Crippen LogP contribution in [-0.4, -0.2) is 19.9 Å². The molecule has 2 heterocycles. The zero-order valence-electron chi connectivity index (χ0n) is 10.4. The summed E-state index contributed by atoms with van der Waals surface area (Å²) in [6.07, 6.45) is 3.20. The molecule has 19 heavy (non-hydrogen) atoms. The van der Waals surface area contributed by atoms with Gasteiger partial charge in [0.2, 0.25) is 5.95 Å². The summed E-state index contributed by atoms with van der Waals surface area (Å²) >= 11 is 0. The molecular formula is C13H15FN4O. The van der Waals surface area contributed by atoms with Crippen LogP contribution < -0.4 is 5.32 Å². The van der Waals surface area contributed by atoms with Gasteiger partial charge in [-0.15, -0.1) is 10.2 Å². The normalized spacial score (nSPS) is 14.2. The average molecular weight is 262 g/mol. The molecule has 1 aromatic heterocycles. The molecule has 0 saturated heterocycles. The van der Waals surface area contributed by atoms with Crippen molar-refractivity contribution in [3.63, 3.8) is 0 Å². The standard InChI is InChI=1S/C13H15FN4O/c14-10-4-5-11(19)9(7-10)8-15-13-17-16-12-3-1-2-6-18(12)13/h4-5,7,19H,1-3,6,8H2,(H,15,17). The van der Waals surface area contributed by atoms with Crippen LogP contribution >= 0.6 is 0 Å². The number of hydrogen-bond acceptors (Lipinski definition) is 4. The van der Waals surface area contributed by atoms with Crippen molar-refractivity contribution in [1.82, 2.24) is 14.8 Å². The number of nitrogens with zero attached hydrogens (tertiary/aromatic N) is 3. The van der Waals surface area contributed by atoms with Crippen molar-refractivity contribution in [3.05, 3.63) is 35.4 Å². The van der Waals surface area contributed by atoms with Crippen molar-refractivity contribution in [2.45, 2.75) is 32.4 Å². The highest BCUT2D eigenvalue weighted by atomic mass is 19.1. The molecule has 0 unspecified atom stereocenters. The molecule has 2 N–H and O–H groups in total. The van der Waals surface area contributed by atoms with Crippen molar-refractivity contribution in [2.75, 3.05) is 5.32 Å². The van der Waals surface area contributed by atoms with E-state index in [1.54, 1.807) is 0 Å². The molecule has 0 fully saturated rings. The lowest BCUT2D eigenvalue weighted by atomic mass is 10.2. The molecule has 1 aliphatic rings. The van der Waals surface area contributed by atoms with Crippen LogP contribution in [0, 0.1) is 5.82 Å². The van der Waals surface area contributed by atoms with Gasteiger partial charge in [0.05, 0.1) is 0 Å². The molecule has 0 radical (unpaired) electrons. The number of fused-ring (bicyclic) bond motifs is 1. The lowest BCUT2D eigenvalue weighted by Crippen LogP contribution is -2.14. The Bertz CT molecular complexity index is 596. The van der Waals surface area contributed by atoms with Gasteiger partial charge >= 0.3 is 0 Å². The summed E-state index contributed by atoms with van der Waals surface area (Å²) in [4.78, 5) is 0. The minimum Gasteiger partial charge on any atom is -0.508 e. The van der Waals surface area contributed by atoms with Crippen LogP contribution in [0.2, 0.25) is 0 Å². The number of hydrogen-bond donors (Lipinski definition) is 2. The van der Waals surface area contributed by atoms with E-state index < -0.39 is 0 Å². The third kappa shape index (κ3) is 2.38. The molecule has 3 rings (SSSR count). The third-order valence-electron chi connectivity index (χ3n) is 3.34. The van der Waals surface area contributed by atoms with E-state index in [4.69, 9.17) is 0 Å². The van der Waals surface area contributed by atoms with E-state index in [1.165, 1.54) is 18.2 Å². The Balaban J connectivity index is 1.75. The van der Waals surface area contributed by atoms with Gasteiger partial charge in [-0.1, -0.05) is 0 Å². The van der Waals surface area contributed by atoms with Crippen LogP contribution in [0.1, 0.15) is 24.2 Å². The number of aromatic hydroxyl groups is 1. The minimum atomic E-state index is -0.363. The highest BCUT2D eigenvalue weighted by Crippen LogP contribution is 2.21. The third-order valence-corrected chi connectivity index (χ3v) is 3.34. The number of benzene rings is 1. The lowest BCUT2D eigenvalue weighted by molar-refractivity contribution is 0.466. The molecule has 2 aromatic rings. The molecule has 5 nitrogen and oxygen atoms in total. The zero-order valence-corrected chi connectivity index (χ0v) is 10.4. The number of halogens is 1. The fourth-order valence-corrected chi connectivity index (χ4v) is 2.31.